The fourth-order valence-electron chi connectivity index (χ4n) is 1.57. The number of nitrogens with zero attached hydrogens (tertiary/aromatic N) is 2. The Labute approximate surface area is 121 Å². The Morgan fingerprint density at radius 3 is 3.11 bits per heavy atom. The van der Waals surface area contributed by atoms with E-state index in [1.54, 1.807) is 17.7 Å². The van der Waals surface area contributed by atoms with Crippen LogP contribution in [0.4, 0.5) is 0 Å². The third-order valence-corrected chi connectivity index (χ3v) is 4.44. The molecule has 0 radical (unpaired) electrons. The number of fused-ring (bicyclic) bond motifs is 1. The van der Waals surface area contributed by atoms with Crippen molar-refractivity contribution >= 4 is 39.2 Å². The molecule has 4 nitrogen and oxygen atoms in total. The summed E-state index contributed by atoms with van der Waals surface area (Å²) in [6.07, 6.45) is 2.57. The van der Waals surface area contributed by atoms with Crippen LogP contribution in [-0.2, 0) is 4.79 Å². The van der Waals surface area contributed by atoms with E-state index in [0.717, 1.165) is 28.2 Å². The van der Waals surface area contributed by atoms with E-state index in [4.69, 9.17) is 0 Å². The van der Waals surface area contributed by atoms with Crippen LogP contribution in [0.25, 0.3) is 10.2 Å². The van der Waals surface area contributed by atoms with Crippen LogP contribution in [0.2, 0.25) is 0 Å². The van der Waals surface area contributed by atoms with E-state index in [1.807, 2.05) is 11.4 Å². The number of rotatable bonds is 6. The molecule has 2 aromatic rings. The average Bonchev–Trinajstić information content (AvgIpc) is 2.84. The topological polar surface area (TPSA) is 54.9 Å². The van der Waals surface area contributed by atoms with Crippen LogP contribution >= 0.6 is 23.1 Å². The second-order valence-electron chi connectivity index (χ2n) is 4.64. The number of hydrogen-bond donors (Lipinski definition) is 1. The molecule has 2 heterocycles. The molecule has 2 aromatic heterocycles. The van der Waals surface area contributed by atoms with E-state index in [9.17, 15) is 4.79 Å². The van der Waals surface area contributed by atoms with Gasteiger partial charge in [-0.15, -0.1) is 11.3 Å². The van der Waals surface area contributed by atoms with Gasteiger partial charge in [0.25, 0.3) is 0 Å². The summed E-state index contributed by atoms with van der Waals surface area (Å²) >= 11 is 3.05. The summed E-state index contributed by atoms with van der Waals surface area (Å²) < 4.78 is 0. The van der Waals surface area contributed by atoms with Gasteiger partial charge in [-0.25, -0.2) is 9.97 Å². The van der Waals surface area contributed by atoms with E-state index in [1.165, 1.54) is 11.8 Å². The number of carbonyl (C=O) groups is 1. The molecule has 0 aliphatic rings. The van der Waals surface area contributed by atoms with Crippen molar-refractivity contribution in [1.82, 2.24) is 15.3 Å². The van der Waals surface area contributed by atoms with Crippen molar-refractivity contribution < 1.29 is 4.79 Å². The normalized spacial score (nSPS) is 11.1. The molecule has 0 aromatic carbocycles. The smallest absolute Gasteiger partial charge is 0.230 e. The summed E-state index contributed by atoms with van der Waals surface area (Å²) in [7, 11) is 0. The minimum absolute atomic E-state index is 0.0626. The summed E-state index contributed by atoms with van der Waals surface area (Å²) in [6, 6.07) is 2.00. The van der Waals surface area contributed by atoms with Gasteiger partial charge in [-0.2, -0.15) is 0 Å². The summed E-state index contributed by atoms with van der Waals surface area (Å²) in [4.78, 5) is 21.1. The number of amides is 1. The van der Waals surface area contributed by atoms with Gasteiger partial charge in [-0.1, -0.05) is 25.6 Å². The highest BCUT2D eigenvalue weighted by molar-refractivity contribution is 8.00. The Morgan fingerprint density at radius 2 is 2.32 bits per heavy atom. The largest absolute Gasteiger partial charge is 0.355 e. The highest BCUT2D eigenvalue weighted by Gasteiger charge is 2.08. The van der Waals surface area contributed by atoms with Gasteiger partial charge in [-0.05, 0) is 23.8 Å². The maximum Gasteiger partial charge on any atom is 0.230 e. The molecule has 1 N–H and O–H groups in total. The minimum Gasteiger partial charge on any atom is -0.355 e. The zero-order chi connectivity index (χ0) is 13.7. The number of nitrogens with one attached hydrogen (secondary N) is 1. The molecule has 0 bridgehead atoms. The van der Waals surface area contributed by atoms with E-state index < -0.39 is 0 Å². The number of thioether (sulfide) groups is 1. The molecule has 0 saturated carbocycles. The molecule has 0 fully saturated rings. The van der Waals surface area contributed by atoms with Gasteiger partial charge < -0.3 is 5.32 Å². The number of thiophene rings is 1. The molecule has 102 valence electrons. The van der Waals surface area contributed by atoms with Crippen molar-refractivity contribution in [1.29, 1.82) is 0 Å². The number of carbonyl (C=O) groups excluding carboxylic acids is 1. The average molecular weight is 295 g/mol. The molecule has 19 heavy (non-hydrogen) atoms. The fourth-order valence-corrected chi connectivity index (χ4v) is 3.18. The summed E-state index contributed by atoms with van der Waals surface area (Å²) in [5.41, 5.74) is 0. The Morgan fingerprint density at radius 1 is 1.47 bits per heavy atom. The summed E-state index contributed by atoms with van der Waals surface area (Å²) in [5.74, 6) is 1.08. The fraction of sp³-hybridized carbons (Fsp3) is 0.462. The molecule has 1 amide bonds. The molecule has 6 heteroatoms. The number of hydrogen-bond acceptors (Lipinski definition) is 5. The Balaban J connectivity index is 1.85. The molecule has 0 unspecified atom stereocenters. The van der Waals surface area contributed by atoms with E-state index in [0.29, 0.717) is 11.7 Å². The Kier molecular flexibility index (Phi) is 5.15. The van der Waals surface area contributed by atoms with Crippen molar-refractivity contribution in [3.63, 3.8) is 0 Å². The second kappa shape index (κ2) is 6.86. The van der Waals surface area contributed by atoms with Crippen molar-refractivity contribution in [3.05, 3.63) is 17.8 Å². The number of aromatic nitrogens is 2. The van der Waals surface area contributed by atoms with Crippen LogP contribution in [0.3, 0.4) is 0 Å². The van der Waals surface area contributed by atoms with Gasteiger partial charge in [0.2, 0.25) is 5.91 Å². The van der Waals surface area contributed by atoms with Crippen molar-refractivity contribution in [2.75, 3.05) is 12.3 Å². The van der Waals surface area contributed by atoms with Crippen LogP contribution in [0.1, 0.15) is 20.3 Å². The lowest BCUT2D eigenvalue weighted by Gasteiger charge is -2.07. The van der Waals surface area contributed by atoms with Crippen LogP contribution in [-0.4, -0.2) is 28.2 Å². The second-order valence-corrected chi connectivity index (χ2v) is 6.50. The zero-order valence-electron chi connectivity index (χ0n) is 11.0. The summed E-state index contributed by atoms with van der Waals surface area (Å²) in [5, 5.41) is 6.83. The molecule has 0 aliphatic heterocycles. The van der Waals surface area contributed by atoms with E-state index in [2.05, 4.69) is 29.1 Å². The minimum atomic E-state index is 0.0626. The summed E-state index contributed by atoms with van der Waals surface area (Å²) in [6.45, 7) is 5.04. The first-order valence-electron chi connectivity index (χ1n) is 6.24. The highest BCUT2D eigenvalue weighted by atomic mass is 32.2. The molecular weight excluding hydrogens is 278 g/mol. The van der Waals surface area contributed by atoms with Crippen molar-refractivity contribution in [2.45, 2.75) is 25.3 Å². The molecule has 2 rings (SSSR count). The van der Waals surface area contributed by atoms with E-state index >= 15 is 0 Å². The van der Waals surface area contributed by atoms with Gasteiger partial charge >= 0.3 is 0 Å². The predicted octanol–water partition coefficient (Wildman–Crippen LogP) is 2.95. The molecule has 0 aliphatic carbocycles. The Bertz CT molecular complexity index is 554. The lowest BCUT2D eigenvalue weighted by molar-refractivity contribution is -0.118. The first-order valence-corrected chi connectivity index (χ1v) is 8.11. The molecular formula is C13H17N3OS2. The van der Waals surface area contributed by atoms with Gasteiger partial charge in [-0.3, -0.25) is 4.79 Å². The quantitative estimate of drug-likeness (QED) is 0.657. The van der Waals surface area contributed by atoms with Gasteiger partial charge in [0, 0.05) is 11.9 Å². The monoisotopic (exact) mass is 295 g/mol. The van der Waals surface area contributed by atoms with Crippen LogP contribution < -0.4 is 5.32 Å². The van der Waals surface area contributed by atoms with Crippen LogP contribution in [0.5, 0.6) is 0 Å². The first-order chi connectivity index (χ1) is 9.16. The SMILES string of the molecule is CC(C)CCNC(=O)CSc1ncnc2sccc12. The van der Waals surface area contributed by atoms with E-state index in [-0.39, 0.29) is 5.91 Å². The highest BCUT2D eigenvalue weighted by Crippen LogP contribution is 2.27. The van der Waals surface area contributed by atoms with Gasteiger partial charge in [0.1, 0.15) is 16.2 Å². The van der Waals surface area contributed by atoms with Crippen molar-refractivity contribution in [3.8, 4) is 0 Å². The maximum absolute atomic E-state index is 11.7. The third-order valence-electron chi connectivity index (χ3n) is 2.61. The third kappa shape index (κ3) is 4.18. The van der Waals surface area contributed by atoms with Gasteiger partial charge in [0.15, 0.2) is 0 Å². The molecule has 0 spiro atoms. The predicted molar refractivity (Wildman–Crippen MR) is 80.6 cm³/mol. The molecule has 0 atom stereocenters. The maximum atomic E-state index is 11.7. The zero-order valence-corrected chi connectivity index (χ0v) is 12.7. The van der Waals surface area contributed by atoms with Crippen LogP contribution in [0.15, 0.2) is 22.8 Å². The lowest BCUT2D eigenvalue weighted by Crippen LogP contribution is -2.26. The molecule has 0 saturated heterocycles. The van der Waals surface area contributed by atoms with Crippen molar-refractivity contribution in [2.24, 2.45) is 5.92 Å². The van der Waals surface area contributed by atoms with Gasteiger partial charge in [0.05, 0.1) is 5.75 Å². The lowest BCUT2D eigenvalue weighted by atomic mass is 10.1. The van der Waals surface area contributed by atoms with Crippen LogP contribution in [0, 0.1) is 5.92 Å². The Hall–Kier alpha value is -1.14. The first kappa shape index (κ1) is 14.3. The standard InChI is InChI=1S/C13H17N3OS2/c1-9(2)3-5-14-11(17)7-19-13-10-4-6-18-12(10)15-8-16-13/h4,6,8-9H,3,5,7H2,1-2H3,(H,14,17).